The summed E-state index contributed by atoms with van der Waals surface area (Å²) < 4.78 is 13.6. The summed E-state index contributed by atoms with van der Waals surface area (Å²) in [6, 6.07) is 3.33. The van der Waals surface area contributed by atoms with E-state index in [-0.39, 0.29) is 0 Å². The van der Waals surface area contributed by atoms with Gasteiger partial charge in [0.25, 0.3) is 0 Å². The van der Waals surface area contributed by atoms with Gasteiger partial charge in [0.15, 0.2) is 21.9 Å². The molecule has 3 N–H and O–H groups in total. The zero-order chi connectivity index (χ0) is 15.0. The van der Waals surface area contributed by atoms with E-state index >= 15 is 0 Å². The summed E-state index contributed by atoms with van der Waals surface area (Å²) in [5.74, 6) is 1.95. The average molecular weight is 303 g/mol. The highest BCUT2D eigenvalue weighted by molar-refractivity contribution is 7.71. The van der Waals surface area contributed by atoms with Crippen LogP contribution >= 0.6 is 12.2 Å². The van der Waals surface area contributed by atoms with Crippen molar-refractivity contribution in [1.82, 2.24) is 19.5 Å². The van der Waals surface area contributed by atoms with Crippen LogP contribution in [0.5, 0.6) is 17.2 Å². The van der Waals surface area contributed by atoms with Gasteiger partial charge in [0.1, 0.15) is 17.1 Å². The van der Waals surface area contributed by atoms with Crippen LogP contribution < -0.4 is 15.2 Å². The number of fused-ring (bicyclic) bond motifs is 1. The molecule has 0 fully saturated rings. The molecule has 0 unspecified atom stereocenters. The van der Waals surface area contributed by atoms with Crippen molar-refractivity contribution in [3.05, 3.63) is 29.3 Å². The summed E-state index contributed by atoms with van der Waals surface area (Å²) >= 11 is 5.20. The molecule has 21 heavy (non-hydrogen) atoms. The van der Waals surface area contributed by atoms with E-state index in [4.69, 9.17) is 27.4 Å². The van der Waals surface area contributed by atoms with E-state index in [0.717, 1.165) is 5.52 Å². The van der Waals surface area contributed by atoms with Gasteiger partial charge in [-0.15, -0.1) is 0 Å². The first-order valence-corrected chi connectivity index (χ1v) is 6.52. The molecule has 3 rings (SSSR count). The smallest absolute Gasteiger partial charge is 0.190 e. The third-order valence-corrected chi connectivity index (χ3v) is 3.40. The number of nitrogen functional groups attached to an aromatic ring is 1. The van der Waals surface area contributed by atoms with E-state index in [0.29, 0.717) is 33.5 Å². The van der Waals surface area contributed by atoms with E-state index in [9.17, 15) is 0 Å². The topological polar surface area (TPSA) is 91.0 Å². The van der Waals surface area contributed by atoms with Crippen LogP contribution in [-0.4, -0.2) is 26.6 Å². The van der Waals surface area contributed by atoms with Gasteiger partial charge >= 0.3 is 0 Å². The lowest BCUT2D eigenvalue weighted by atomic mass is 10.3. The number of aromatic amines is 1. The lowest BCUT2D eigenvalue weighted by Crippen LogP contribution is -1.97. The number of nitrogens with two attached hydrogens (primary N) is 1. The van der Waals surface area contributed by atoms with Crippen molar-refractivity contribution in [2.75, 3.05) is 12.8 Å². The maximum absolute atomic E-state index is 5.78. The van der Waals surface area contributed by atoms with Crippen LogP contribution in [0.1, 0.15) is 0 Å². The summed E-state index contributed by atoms with van der Waals surface area (Å²) in [4.78, 5) is 11.2. The van der Waals surface area contributed by atoms with Gasteiger partial charge < -0.3 is 24.8 Å². The predicted octanol–water partition coefficient (Wildman–Crippen LogP) is 2.41. The molecule has 0 bridgehead atoms. The van der Waals surface area contributed by atoms with E-state index in [2.05, 4.69) is 15.0 Å². The van der Waals surface area contributed by atoms with Crippen molar-refractivity contribution in [2.24, 2.45) is 7.05 Å². The Kier molecular flexibility index (Phi) is 3.22. The van der Waals surface area contributed by atoms with Crippen LogP contribution in [0, 0.1) is 4.77 Å². The molecule has 0 aliphatic carbocycles. The summed E-state index contributed by atoms with van der Waals surface area (Å²) in [6.07, 6.45) is 3.14. The summed E-state index contributed by atoms with van der Waals surface area (Å²) in [5, 5.41) is 0. The van der Waals surface area contributed by atoms with E-state index in [1.54, 1.807) is 36.2 Å². The number of hydrogen-bond acceptors (Lipinski definition) is 6. The first-order chi connectivity index (χ1) is 10.1. The highest BCUT2D eigenvalue weighted by Crippen LogP contribution is 2.36. The zero-order valence-corrected chi connectivity index (χ0v) is 12.3. The van der Waals surface area contributed by atoms with Crippen LogP contribution in [-0.2, 0) is 7.05 Å². The van der Waals surface area contributed by atoms with Crippen molar-refractivity contribution in [1.29, 1.82) is 0 Å². The molecule has 0 saturated carbocycles. The van der Waals surface area contributed by atoms with E-state index < -0.39 is 0 Å². The summed E-state index contributed by atoms with van der Waals surface area (Å²) in [6.45, 7) is 0. The number of aromatic nitrogens is 4. The maximum atomic E-state index is 5.78. The molecule has 0 aromatic carbocycles. The molecule has 7 nitrogen and oxygen atoms in total. The minimum Gasteiger partial charge on any atom is -0.491 e. The third kappa shape index (κ3) is 2.29. The van der Waals surface area contributed by atoms with Gasteiger partial charge in [-0.25, -0.2) is 9.97 Å². The summed E-state index contributed by atoms with van der Waals surface area (Å²) in [5.41, 5.74) is 7.02. The Morgan fingerprint density at radius 1 is 1.38 bits per heavy atom. The Morgan fingerprint density at radius 2 is 2.19 bits per heavy atom. The number of nitrogens with one attached hydrogen (secondary N) is 1. The largest absolute Gasteiger partial charge is 0.491 e. The van der Waals surface area contributed by atoms with Gasteiger partial charge in [0, 0.05) is 19.3 Å². The second-order valence-electron chi connectivity index (χ2n) is 4.36. The van der Waals surface area contributed by atoms with Crippen LogP contribution in [0.2, 0.25) is 0 Å². The highest BCUT2D eigenvalue weighted by Gasteiger charge is 2.16. The molecule has 0 spiro atoms. The number of H-pyrrole nitrogens is 1. The molecule has 0 radical (unpaired) electrons. The maximum Gasteiger partial charge on any atom is 0.190 e. The molecule has 3 aromatic heterocycles. The first-order valence-electron chi connectivity index (χ1n) is 6.11. The van der Waals surface area contributed by atoms with Crippen molar-refractivity contribution in [3.63, 3.8) is 0 Å². The lowest BCUT2D eigenvalue weighted by Gasteiger charge is -2.11. The standard InChI is InChI=1S/C13H13N5O2S/c1-18-10-11(19-2)8(6-16-12(10)17-13(18)21)20-7-3-4-15-9(14)5-7/h3-6H,1-2H3,(H2,14,15)(H,16,17,21). The van der Waals surface area contributed by atoms with Crippen LogP contribution in [0.25, 0.3) is 11.2 Å². The van der Waals surface area contributed by atoms with Gasteiger partial charge in [-0.1, -0.05) is 0 Å². The van der Waals surface area contributed by atoms with Crippen molar-refractivity contribution >= 4 is 29.2 Å². The van der Waals surface area contributed by atoms with Crippen LogP contribution in [0.3, 0.4) is 0 Å². The summed E-state index contributed by atoms with van der Waals surface area (Å²) in [7, 11) is 3.40. The fourth-order valence-corrected chi connectivity index (χ4v) is 2.23. The number of rotatable bonds is 3. The van der Waals surface area contributed by atoms with Gasteiger partial charge in [-0.2, -0.15) is 0 Å². The van der Waals surface area contributed by atoms with Crippen LogP contribution in [0.15, 0.2) is 24.5 Å². The average Bonchev–Trinajstić information content (AvgIpc) is 2.75. The molecule has 0 saturated heterocycles. The Balaban J connectivity index is 2.14. The number of nitrogens with zero attached hydrogens (tertiary/aromatic N) is 3. The highest BCUT2D eigenvalue weighted by atomic mass is 32.1. The van der Waals surface area contributed by atoms with E-state index in [1.807, 2.05) is 7.05 Å². The molecule has 0 atom stereocenters. The molecular formula is C13H13N5O2S. The lowest BCUT2D eigenvalue weighted by molar-refractivity contribution is 0.380. The van der Waals surface area contributed by atoms with E-state index in [1.165, 1.54) is 0 Å². The normalized spacial score (nSPS) is 10.8. The van der Waals surface area contributed by atoms with Crippen LogP contribution in [0.4, 0.5) is 5.82 Å². The number of methoxy groups -OCH3 is 1. The number of imidazole rings is 1. The number of aryl methyl sites for hydroxylation is 1. The third-order valence-electron chi connectivity index (χ3n) is 3.02. The molecule has 0 aliphatic heterocycles. The second kappa shape index (κ2) is 5.06. The fraction of sp³-hybridized carbons (Fsp3) is 0.154. The number of ether oxygens (including phenoxy) is 2. The zero-order valence-electron chi connectivity index (χ0n) is 11.5. The van der Waals surface area contributed by atoms with Gasteiger partial charge in [0.05, 0.1) is 13.3 Å². The fourth-order valence-electron chi connectivity index (χ4n) is 2.04. The second-order valence-corrected chi connectivity index (χ2v) is 4.75. The number of hydrogen-bond donors (Lipinski definition) is 2. The molecule has 3 heterocycles. The number of pyridine rings is 2. The Bertz CT molecular complexity index is 871. The van der Waals surface area contributed by atoms with Gasteiger partial charge in [-0.05, 0) is 18.3 Å². The Hall–Kier alpha value is -2.61. The number of anilines is 1. The first kappa shape index (κ1) is 13.4. The SMILES string of the molecule is COc1c(Oc2ccnc(N)c2)cnc2[nH]c(=S)n(C)c12. The van der Waals surface area contributed by atoms with Crippen molar-refractivity contribution in [3.8, 4) is 17.2 Å². The van der Waals surface area contributed by atoms with Crippen molar-refractivity contribution < 1.29 is 9.47 Å². The monoisotopic (exact) mass is 303 g/mol. The molecule has 0 aliphatic rings. The molecule has 8 heteroatoms. The van der Waals surface area contributed by atoms with Crippen molar-refractivity contribution in [2.45, 2.75) is 0 Å². The molecule has 3 aromatic rings. The Morgan fingerprint density at radius 3 is 2.90 bits per heavy atom. The quantitative estimate of drug-likeness (QED) is 0.722. The predicted molar refractivity (Wildman–Crippen MR) is 81.2 cm³/mol. The minimum atomic E-state index is 0.376. The molecule has 0 amide bonds. The minimum absolute atomic E-state index is 0.376. The molecular weight excluding hydrogens is 290 g/mol. The Labute approximate surface area is 125 Å². The van der Waals surface area contributed by atoms with Gasteiger partial charge in [-0.3, -0.25) is 0 Å². The van der Waals surface area contributed by atoms with Gasteiger partial charge in [0.2, 0.25) is 0 Å². The molecule has 108 valence electrons.